The summed E-state index contributed by atoms with van der Waals surface area (Å²) in [5.74, 6) is 0.988. The Kier molecular flexibility index (Phi) is 7.55. The summed E-state index contributed by atoms with van der Waals surface area (Å²) in [6.45, 7) is 2.04. The maximum atomic E-state index is 12.3. The summed E-state index contributed by atoms with van der Waals surface area (Å²) in [5, 5.41) is 2.76. The summed E-state index contributed by atoms with van der Waals surface area (Å²) < 4.78 is 15.2. The molecule has 0 saturated carbocycles. The van der Waals surface area contributed by atoms with Gasteiger partial charge >= 0.3 is 5.97 Å². The van der Waals surface area contributed by atoms with Crippen LogP contribution in [0.5, 0.6) is 11.5 Å². The molecule has 0 heterocycles. The Morgan fingerprint density at radius 1 is 1.04 bits per heavy atom. The van der Waals surface area contributed by atoms with Gasteiger partial charge in [0.2, 0.25) is 5.91 Å². The van der Waals surface area contributed by atoms with Crippen LogP contribution in [-0.4, -0.2) is 39.0 Å². The van der Waals surface area contributed by atoms with Crippen LogP contribution >= 0.6 is 11.8 Å². The highest BCUT2D eigenvalue weighted by molar-refractivity contribution is 7.99. The number of rotatable bonds is 8. The molecule has 0 radical (unpaired) electrons. The van der Waals surface area contributed by atoms with Gasteiger partial charge in [0, 0.05) is 17.9 Å². The molecule has 0 atom stereocenters. The number of benzene rings is 2. The largest absolute Gasteiger partial charge is 0.493 e. The van der Waals surface area contributed by atoms with Crippen molar-refractivity contribution >= 4 is 29.3 Å². The molecule has 144 valence electrons. The SMILES string of the molecule is COC(=O)c1cc(OC)c(OC)cc1NC(=O)CSCc1ccccc1C. The molecule has 0 unspecified atom stereocenters. The van der Waals surface area contributed by atoms with E-state index in [-0.39, 0.29) is 17.2 Å². The molecule has 0 fully saturated rings. The van der Waals surface area contributed by atoms with Gasteiger partial charge in [-0.25, -0.2) is 4.79 Å². The fourth-order valence-corrected chi connectivity index (χ4v) is 3.38. The molecule has 0 aromatic heterocycles. The van der Waals surface area contributed by atoms with E-state index in [1.54, 1.807) is 6.07 Å². The Morgan fingerprint density at radius 3 is 2.33 bits per heavy atom. The maximum absolute atomic E-state index is 12.3. The molecule has 2 rings (SSSR count). The molecule has 0 bridgehead atoms. The minimum atomic E-state index is -0.571. The number of esters is 1. The lowest BCUT2D eigenvalue weighted by Crippen LogP contribution is -2.17. The predicted molar refractivity (Wildman–Crippen MR) is 107 cm³/mol. The first-order chi connectivity index (χ1) is 13.0. The topological polar surface area (TPSA) is 73.9 Å². The number of aryl methyl sites for hydroxylation is 1. The number of hydrogen-bond donors (Lipinski definition) is 1. The monoisotopic (exact) mass is 389 g/mol. The van der Waals surface area contributed by atoms with E-state index in [2.05, 4.69) is 5.32 Å². The van der Waals surface area contributed by atoms with E-state index in [1.807, 2.05) is 31.2 Å². The third-order valence-corrected chi connectivity index (χ3v) is 4.94. The molecule has 0 spiro atoms. The molecule has 0 saturated heterocycles. The van der Waals surface area contributed by atoms with E-state index in [9.17, 15) is 9.59 Å². The van der Waals surface area contributed by atoms with Crippen LogP contribution in [0.3, 0.4) is 0 Å². The van der Waals surface area contributed by atoms with Crippen LogP contribution in [0, 0.1) is 6.92 Å². The molecular formula is C20H23NO5S. The third-order valence-electron chi connectivity index (χ3n) is 3.96. The van der Waals surface area contributed by atoms with Crippen LogP contribution < -0.4 is 14.8 Å². The van der Waals surface area contributed by atoms with Gasteiger partial charge in [-0.2, -0.15) is 0 Å². The van der Waals surface area contributed by atoms with E-state index in [4.69, 9.17) is 14.2 Å². The fourth-order valence-electron chi connectivity index (χ4n) is 2.47. The Hall–Kier alpha value is -2.67. The summed E-state index contributed by atoms with van der Waals surface area (Å²) >= 11 is 1.50. The Balaban J connectivity index is 2.09. The second-order valence-electron chi connectivity index (χ2n) is 5.71. The lowest BCUT2D eigenvalue weighted by atomic mass is 10.1. The van der Waals surface area contributed by atoms with Crippen molar-refractivity contribution in [1.82, 2.24) is 0 Å². The van der Waals surface area contributed by atoms with E-state index in [0.717, 1.165) is 5.75 Å². The van der Waals surface area contributed by atoms with Crippen LogP contribution in [0.4, 0.5) is 5.69 Å². The minimum Gasteiger partial charge on any atom is -0.493 e. The molecule has 1 amide bonds. The zero-order valence-electron chi connectivity index (χ0n) is 15.8. The number of carbonyl (C=O) groups excluding carboxylic acids is 2. The Labute approximate surface area is 163 Å². The van der Waals surface area contributed by atoms with Crippen molar-refractivity contribution in [3.63, 3.8) is 0 Å². The molecule has 0 aliphatic rings. The van der Waals surface area contributed by atoms with Crippen molar-refractivity contribution in [3.8, 4) is 11.5 Å². The molecule has 27 heavy (non-hydrogen) atoms. The maximum Gasteiger partial charge on any atom is 0.340 e. The van der Waals surface area contributed by atoms with Crippen LogP contribution in [0.1, 0.15) is 21.5 Å². The third kappa shape index (κ3) is 5.40. The second-order valence-corrected chi connectivity index (χ2v) is 6.70. The summed E-state index contributed by atoms with van der Waals surface area (Å²) in [4.78, 5) is 24.4. The van der Waals surface area contributed by atoms with Crippen molar-refractivity contribution in [1.29, 1.82) is 0 Å². The number of methoxy groups -OCH3 is 3. The van der Waals surface area contributed by atoms with Gasteiger partial charge in [0.15, 0.2) is 11.5 Å². The first-order valence-corrected chi connectivity index (χ1v) is 9.42. The number of thioether (sulfide) groups is 1. The zero-order chi connectivity index (χ0) is 19.8. The quantitative estimate of drug-likeness (QED) is 0.695. The zero-order valence-corrected chi connectivity index (χ0v) is 16.6. The minimum absolute atomic E-state index is 0.201. The van der Waals surface area contributed by atoms with E-state index < -0.39 is 5.97 Å². The molecule has 2 aromatic rings. The summed E-state index contributed by atoms with van der Waals surface area (Å²) in [6.07, 6.45) is 0. The van der Waals surface area contributed by atoms with Gasteiger partial charge < -0.3 is 19.5 Å². The van der Waals surface area contributed by atoms with Crippen LogP contribution in [0.25, 0.3) is 0 Å². The highest BCUT2D eigenvalue weighted by Gasteiger charge is 2.19. The fraction of sp³-hybridized carbons (Fsp3) is 0.300. The highest BCUT2D eigenvalue weighted by atomic mass is 32.2. The van der Waals surface area contributed by atoms with Crippen molar-refractivity contribution in [2.24, 2.45) is 0 Å². The van der Waals surface area contributed by atoms with Crippen LogP contribution in [0.2, 0.25) is 0 Å². The molecule has 1 N–H and O–H groups in total. The second kappa shape index (κ2) is 9.87. The van der Waals surface area contributed by atoms with E-state index >= 15 is 0 Å². The number of carbonyl (C=O) groups is 2. The number of anilines is 1. The van der Waals surface area contributed by atoms with Gasteiger partial charge in [-0.1, -0.05) is 24.3 Å². The number of amides is 1. The normalized spacial score (nSPS) is 10.2. The van der Waals surface area contributed by atoms with Crippen LogP contribution in [-0.2, 0) is 15.3 Å². The average Bonchev–Trinajstić information content (AvgIpc) is 2.68. The lowest BCUT2D eigenvalue weighted by Gasteiger charge is -2.14. The van der Waals surface area contributed by atoms with Gasteiger partial charge in [0.05, 0.1) is 38.3 Å². The predicted octanol–water partition coefficient (Wildman–Crippen LogP) is 3.67. The number of ether oxygens (including phenoxy) is 3. The van der Waals surface area contributed by atoms with Gasteiger partial charge in [-0.3, -0.25) is 4.79 Å². The first kappa shape index (κ1) is 20.6. The lowest BCUT2D eigenvalue weighted by molar-refractivity contribution is -0.113. The Bertz CT molecular complexity index is 822. The van der Waals surface area contributed by atoms with Crippen molar-refractivity contribution in [2.75, 3.05) is 32.4 Å². The van der Waals surface area contributed by atoms with Gasteiger partial charge in [0.1, 0.15) is 0 Å². The van der Waals surface area contributed by atoms with E-state index in [0.29, 0.717) is 17.2 Å². The molecule has 7 heteroatoms. The van der Waals surface area contributed by atoms with Crippen molar-refractivity contribution in [3.05, 3.63) is 53.1 Å². The van der Waals surface area contributed by atoms with E-state index in [1.165, 1.54) is 50.3 Å². The molecular weight excluding hydrogens is 366 g/mol. The van der Waals surface area contributed by atoms with Crippen molar-refractivity contribution < 1.29 is 23.8 Å². The molecule has 0 aliphatic carbocycles. The highest BCUT2D eigenvalue weighted by Crippen LogP contribution is 2.34. The summed E-state index contributed by atoms with van der Waals surface area (Å²) in [7, 11) is 4.24. The molecule has 2 aromatic carbocycles. The average molecular weight is 389 g/mol. The smallest absolute Gasteiger partial charge is 0.340 e. The molecule has 6 nitrogen and oxygen atoms in total. The molecule has 0 aliphatic heterocycles. The first-order valence-electron chi connectivity index (χ1n) is 8.26. The summed E-state index contributed by atoms with van der Waals surface area (Å²) in [5.41, 5.74) is 2.91. The van der Waals surface area contributed by atoms with Gasteiger partial charge in [-0.05, 0) is 18.1 Å². The van der Waals surface area contributed by atoms with Crippen LogP contribution in [0.15, 0.2) is 36.4 Å². The van der Waals surface area contributed by atoms with Gasteiger partial charge in [0.25, 0.3) is 0 Å². The van der Waals surface area contributed by atoms with Crippen molar-refractivity contribution in [2.45, 2.75) is 12.7 Å². The van der Waals surface area contributed by atoms with Gasteiger partial charge in [-0.15, -0.1) is 11.8 Å². The standard InChI is InChI=1S/C20H23NO5S/c1-13-7-5-6-8-14(13)11-27-12-19(22)21-16-10-18(25-3)17(24-2)9-15(16)20(23)26-4/h5-10H,11-12H2,1-4H3,(H,21,22). The summed E-state index contributed by atoms with van der Waals surface area (Å²) in [6, 6.07) is 11.1. The number of nitrogens with one attached hydrogen (secondary N) is 1. The Morgan fingerprint density at radius 2 is 1.70 bits per heavy atom. The number of hydrogen-bond acceptors (Lipinski definition) is 6.